The third kappa shape index (κ3) is 5.73. The number of guanidine groups is 1. The van der Waals surface area contributed by atoms with Crippen LogP contribution in [0.2, 0.25) is 0 Å². The Labute approximate surface area is 173 Å². The largest absolute Gasteiger partial charge is 0.497 e. The summed E-state index contributed by atoms with van der Waals surface area (Å²) < 4.78 is 5.26. The molecule has 2 N–H and O–H groups in total. The van der Waals surface area contributed by atoms with E-state index in [1.165, 1.54) is 5.56 Å². The van der Waals surface area contributed by atoms with Gasteiger partial charge in [-0.2, -0.15) is 0 Å². The first-order chi connectivity index (χ1) is 14.2. The van der Waals surface area contributed by atoms with E-state index in [1.54, 1.807) is 7.11 Å². The van der Waals surface area contributed by atoms with Gasteiger partial charge < -0.3 is 20.3 Å². The SMILES string of the molecule is CCNC(=NCc1cccc(OC)c1)NCCCC(=O)N1CCc2ccccc21. The van der Waals surface area contributed by atoms with Crippen molar-refractivity contribution in [2.45, 2.75) is 32.7 Å². The molecule has 1 heterocycles. The lowest BCUT2D eigenvalue weighted by Gasteiger charge is -2.17. The van der Waals surface area contributed by atoms with Crippen LogP contribution < -0.4 is 20.3 Å². The maximum absolute atomic E-state index is 12.6. The Balaban J connectivity index is 1.46. The molecule has 0 unspecified atom stereocenters. The van der Waals surface area contributed by atoms with Crippen LogP contribution >= 0.6 is 0 Å². The molecule has 0 saturated heterocycles. The molecule has 154 valence electrons. The molecule has 6 nitrogen and oxygen atoms in total. The van der Waals surface area contributed by atoms with E-state index in [0.717, 1.165) is 48.9 Å². The van der Waals surface area contributed by atoms with Crippen molar-refractivity contribution in [3.63, 3.8) is 0 Å². The zero-order valence-corrected chi connectivity index (χ0v) is 17.3. The first kappa shape index (κ1) is 20.7. The number of nitrogens with zero attached hydrogens (tertiary/aromatic N) is 2. The third-order valence-electron chi connectivity index (χ3n) is 4.95. The Bertz CT molecular complexity index is 850. The highest BCUT2D eigenvalue weighted by Gasteiger charge is 2.23. The van der Waals surface area contributed by atoms with E-state index in [-0.39, 0.29) is 5.91 Å². The molecule has 0 atom stereocenters. The first-order valence-corrected chi connectivity index (χ1v) is 10.2. The van der Waals surface area contributed by atoms with E-state index in [2.05, 4.69) is 21.7 Å². The van der Waals surface area contributed by atoms with Gasteiger partial charge in [0.1, 0.15) is 5.75 Å². The molecular formula is C23H30N4O2. The predicted octanol–water partition coefficient (Wildman–Crippen LogP) is 3.12. The lowest BCUT2D eigenvalue weighted by atomic mass is 10.2. The second-order valence-corrected chi connectivity index (χ2v) is 7.00. The van der Waals surface area contributed by atoms with Gasteiger partial charge in [0.05, 0.1) is 13.7 Å². The minimum Gasteiger partial charge on any atom is -0.497 e. The van der Waals surface area contributed by atoms with Crippen LogP contribution in [0.25, 0.3) is 0 Å². The topological polar surface area (TPSA) is 66.0 Å². The monoisotopic (exact) mass is 394 g/mol. The molecule has 2 aromatic rings. The Morgan fingerprint density at radius 3 is 2.86 bits per heavy atom. The summed E-state index contributed by atoms with van der Waals surface area (Å²) in [5, 5.41) is 6.57. The van der Waals surface area contributed by atoms with Gasteiger partial charge in [0.15, 0.2) is 5.96 Å². The van der Waals surface area contributed by atoms with Crippen LogP contribution in [0.5, 0.6) is 5.75 Å². The summed E-state index contributed by atoms with van der Waals surface area (Å²) in [7, 11) is 1.66. The number of hydrogen-bond donors (Lipinski definition) is 2. The van der Waals surface area contributed by atoms with Crippen LogP contribution in [-0.2, 0) is 17.8 Å². The Morgan fingerprint density at radius 1 is 1.17 bits per heavy atom. The van der Waals surface area contributed by atoms with Gasteiger partial charge in [0, 0.05) is 31.7 Å². The van der Waals surface area contributed by atoms with Crippen LogP contribution in [0, 0.1) is 0 Å². The molecule has 29 heavy (non-hydrogen) atoms. The van der Waals surface area contributed by atoms with Crippen LogP contribution in [0.4, 0.5) is 5.69 Å². The fraction of sp³-hybridized carbons (Fsp3) is 0.391. The number of fused-ring (bicyclic) bond motifs is 1. The molecule has 0 aromatic heterocycles. The lowest BCUT2D eigenvalue weighted by Crippen LogP contribution is -2.38. The van der Waals surface area contributed by atoms with Crippen molar-refractivity contribution in [3.05, 3.63) is 59.7 Å². The number of anilines is 1. The summed E-state index contributed by atoms with van der Waals surface area (Å²) in [6.07, 6.45) is 2.24. The summed E-state index contributed by atoms with van der Waals surface area (Å²) in [5.41, 5.74) is 3.42. The maximum Gasteiger partial charge on any atom is 0.227 e. The normalized spacial score (nSPS) is 13.2. The zero-order valence-electron chi connectivity index (χ0n) is 17.3. The quantitative estimate of drug-likeness (QED) is 0.410. The number of methoxy groups -OCH3 is 1. The molecule has 0 aliphatic carbocycles. The number of nitrogens with one attached hydrogen (secondary N) is 2. The van der Waals surface area contributed by atoms with E-state index in [9.17, 15) is 4.79 Å². The molecular weight excluding hydrogens is 364 g/mol. The number of benzene rings is 2. The van der Waals surface area contributed by atoms with Gasteiger partial charge in [-0.15, -0.1) is 0 Å². The van der Waals surface area contributed by atoms with Crippen LogP contribution in [0.3, 0.4) is 0 Å². The van der Waals surface area contributed by atoms with Gasteiger partial charge >= 0.3 is 0 Å². The lowest BCUT2D eigenvalue weighted by molar-refractivity contribution is -0.118. The molecule has 2 aromatic carbocycles. The number of hydrogen-bond acceptors (Lipinski definition) is 3. The summed E-state index contributed by atoms with van der Waals surface area (Å²) in [5.74, 6) is 1.78. The number of rotatable bonds is 8. The van der Waals surface area contributed by atoms with Crippen LogP contribution in [-0.4, -0.2) is 38.6 Å². The van der Waals surface area contributed by atoms with E-state index < -0.39 is 0 Å². The predicted molar refractivity (Wildman–Crippen MR) is 118 cm³/mol. The Hall–Kier alpha value is -3.02. The van der Waals surface area contributed by atoms with Gasteiger partial charge in [0.25, 0.3) is 0 Å². The van der Waals surface area contributed by atoms with Crippen molar-refractivity contribution in [1.82, 2.24) is 10.6 Å². The van der Waals surface area contributed by atoms with Crippen molar-refractivity contribution < 1.29 is 9.53 Å². The molecule has 1 amide bonds. The number of carbonyl (C=O) groups excluding carboxylic acids is 1. The molecule has 0 bridgehead atoms. The second-order valence-electron chi connectivity index (χ2n) is 7.00. The van der Waals surface area contributed by atoms with E-state index in [4.69, 9.17) is 4.74 Å². The molecule has 3 rings (SSSR count). The standard InChI is InChI=1S/C23H30N4O2/c1-3-24-23(26-17-18-8-6-10-20(16-18)29-2)25-14-7-12-22(28)27-15-13-19-9-4-5-11-21(19)27/h4-6,8-11,16H,3,7,12-15,17H2,1-2H3,(H2,24,25,26). The zero-order chi connectivity index (χ0) is 20.5. The van der Waals surface area contributed by atoms with Gasteiger partial charge in [0.2, 0.25) is 5.91 Å². The first-order valence-electron chi connectivity index (χ1n) is 10.2. The average Bonchev–Trinajstić information content (AvgIpc) is 3.19. The summed E-state index contributed by atoms with van der Waals surface area (Å²) >= 11 is 0. The molecule has 0 radical (unpaired) electrons. The van der Waals surface area contributed by atoms with Crippen molar-refractivity contribution >= 4 is 17.6 Å². The number of amides is 1. The third-order valence-corrected chi connectivity index (χ3v) is 4.95. The van der Waals surface area contributed by atoms with E-state index >= 15 is 0 Å². The van der Waals surface area contributed by atoms with Gasteiger partial charge in [-0.05, 0) is 49.1 Å². The average molecular weight is 395 g/mol. The number of carbonyl (C=O) groups is 1. The fourth-order valence-electron chi connectivity index (χ4n) is 3.46. The van der Waals surface area contributed by atoms with E-state index in [0.29, 0.717) is 19.5 Å². The molecule has 0 spiro atoms. The Morgan fingerprint density at radius 2 is 2.03 bits per heavy atom. The summed E-state index contributed by atoms with van der Waals surface area (Å²) in [4.78, 5) is 19.1. The highest BCUT2D eigenvalue weighted by Crippen LogP contribution is 2.27. The van der Waals surface area contributed by atoms with Crippen molar-refractivity contribution in [2.75, 3.05) is 31.6 Å². The molecule has 0 saturated carbocycles. The van der Waals surface area contributed by atoms with Crippen molar-refractivity contribution in [2.24, 2.45) is 4.99 Å². The minimum absolute atomic E-state index is 0.190. The highest BCUT2D eigenvalue weighted by atomic mass is 16.5. The van der Waals surface area contributed by atoms with Crippen molar-refractivity contribution in [1.29, 1.82) is 0 Å². The van der Waals surface area contributed by atoms with Gasteiger partial charge in [-0.25, -0.2) is 4.99 Å². The minimum atomic E-state index is 0.190. The molecule has 1 aliphatic rings. The highest BCUT2D eigenvalue weighted by molar-refractivity contribution is 5.95. The Kier molecular flexibility index (Phi) is 7.50. The summed E-state index contributed by atoms with van der Waals surface area (Å²) in [6.45, 7) is 4.88. The number of ether oxygens (including phenoxy) is 1. The van der Waals surface area contributed by atoms with Crippen LogP contribution in [0.1, 0.15) is 30.9 Å². The fourth-order valence-corrected chi connectivity index (χ4v) is 3.46. The number of para-hydroxylation sites is 1. The second kappa shape index (κ2) is 10.5. The molecule has 6 heteroatoms. The van der Waals surface area contributed by atoms with Crippen molar-refractivity contribution in [3.8, 4) is 5.75 Å². The number of aliphatic imine (C=N–C) groups is 1. The molecule has 1 aliphatic heterocycles. The van der Waals surface area contributed by atoms with E-state index in [1.807, 2.05) is 54.3 Å². The summed E-state index contributed by atoms with van der Waals surface area (Å²) in [6, 6.07) is 16.1. The van der Waals surface area contributed by atoms with Gasteiger partial charge in [-0.3, -0.25) is 4.79 Å². The van der Waals surface area contributed by atoms with Gasteiger partial charge in [-0.1, -0.05) is 30.3 Å². The molecule has 0 fully saturated rings. The maximum atomic E-state index is 12.6. The smallest absolute Gasteiger partial charge is 0.227 e. The van der Waals surface area contributed by atoms with Crippen LogP contribution in [0.15, 0.2) is 53.5 Å².